The van der Waals surface area contributed by atoms with Crippen molar-refractivity contribution in [2.24, 2.45) is 0 Å². The number of ether oxygens (including phenoxy) is 2. The fraction of sp³-hybridized carbons (Fsp3) is 0.120. The molecule has 5 aromatic rings. The molecule has 8 nitrogen and oxygen atoms in total. The molecule has 5 rings (SSSR count). The van der Waals surface area contributed by atoms with E-state index in [-0.39, 0.29) is 5.89 Å². The second-order valence-electron chi connectivity index (χ2n) is 7.50. The topological polar surface area (TPSA) is 95.2 Å². The van der Waals surface area contributed by atoms with Gasteiger partial charge in [-0.3, -0.25) is 0 Å². The number of rotatable bonds is 6. The highest BCUT2D eigenvalue weighted by molar-refractivity contribution is 6.32. The van der Waals surface area contributed by atoms with Gasteiger partial charge in [0.1, 0.15) is 17.3 Å². The number of methoxy groups -OCH3 is 2. The van der Waals surface area contributed by atoms with Gasteiger partial charge in [-0.2, -0.15) is 0 Å². The van der Waals surface area contributed by atoms with E-state index in [1.165, 1.54) is 0 Å². The summed E-state index contributed by atoms with van der Waals surface area (Å²) >= 11 is 6.35. The Labute approximate surface area is 200 Å². The van der Waals surface area contributed by atoms with Crippen molar-refractivity contribution in [3.63, 3.8) is 0 Å². The lowest BCUT2D eigenvalue weighted by Gasteiger charge is -2.15. The number of hydrogen-bond acceptors (Lipinski definition) is 8. The summed E-state index contributed by atoms with van der Waals surface area (Å²) in [5.41, 5.74) is 3.30. The normalized spacial score (nSPS) is 10.9. The zero-order chi connectivity index (χ0) is 23.7. The Bertz CT molecular complexity index is 1480. The van der Waals surface area contributed by atoms with E-state index in [0.717, 1.165) is 16.5 Å². The zero-order valence-electron chi connectivity index (χ0n) is 18.7. The van der Waals surface area contributed by atoms with E-state index >= 15 is 0 Å². The SMILES string of the molecule is COc1cc(OC)c(Nc2nc(-c3nnc(-c4ccc(C)cc4)o3)nc3ccccc23)cc1Cl. The second-order valence-corrected chi connectivity index (χ2v) is 7.91. The lowest BCUT2D eigenvalue weighted by molar-refractivity contribution is 0.396. The molecular weight excluding hydrogens is 454 g/mol. The van der Waals surface area contributed by atoms with Gasteiger partial charge in [-0.15, -0.1) is 10.2 Å². The minimum absolute atomic E-state index is 0.212. The van der Waals surface area contributed by atoms with Crippen molar-refractivity contribution in [3.8, 4) is 34.7 Å². The van der Waals surface area contributed by atoms with Crippen molar-refractivity contribution < 1.29 is 13.9 Å². The molecule has 0 atom stereocenters. The summed E-state index contributed by atoms with van der Waals surface area (Å²) in [7, 11) is 3.12. The van der Waals surface area contributed by atoms with E-state index in [0.29, 0.717) is 45.3 Å². The van der Waals surface area contributed by atoms with E-state index in [1.54, 1.807) is 26.4 Å². The van der Waals surface area contributed by atoms with Gasteiger partial charge < -0.3 is 19.2 Å². The van der Waals surface area contributed by atoms with Crippen LogP contribution >= 0.6 is 11.6 Å². The van der Waals surface area contributed by atoms with Gasteiger partial charge in [0.2, 0.25) is 11.7 Å². The molecule has 0 fully saturated rings. The molecule has 2 heterocycles. The van der Waals surface area contributed by atoms with Gasteiger partial charge >= 0.3 is 0 Å². The number of anilines is 2. The molecule has 170 valence electrons. The molecule has 0 aliphatic carbocycles. The van der Waals surface area contributed by atoms with Gasteiger partial charge in [0.25, 0.3) is 5.89 Å². The minimum atomic E-state index is 0.212. The number of halogens is 1. The quantitative estimate of drug-likeness (QED) is 0.317. The maximum Gasteiger partial charge on any atom is 0.286 e. The van der Waals surface area contributed by atoms with Crippen LogP contribution < -0.4 is 14.8 Å². The number of nitrogens with zero attached hydrogens (tertiary/aromatic N) is 4. The molecule has 0 aliphatic rings. The lowest BCUT2D eigenvalue weighted by Crippen LogP contribution is -2.01. The summed E-state index contributed by atoms with van der Waals surface area (Å²) < 4.78 is 16.7. The summed E-state index contributed by atoms with van der Waals surface area (Å²) in [5.74, 6) is 2.49. The van der Waals surface area contributed by atoms with Crippen LogP contribution in [0.1, 0.15) is 5.56 Å². The van der Waals surface area contributed by atoms with Crippen LogP contribution in [0.15, 0.2) is 65.1 Å². The fourth-order valence-electron chi connectivity index (χ4n) is 3.48. The van der Waals surface area contributed by atoms with E-state index < -0.39 is 0 Å². The first-order chi connectivity index (χ1) is 16.6. The van der Waals surface area contributed by atoms with Gasteiger partial charge in [0, 0.05) is 17.0 Å². The van der Waals surface area contributed by atoms with Gasteiger partial charge in [0.05, 0.1) is 30.4 Å². The van der Waals surface area contributed by atoms with E-state index in [2.05, 4.69) is 25.5 Å². The van der Waals surface area contributed by atoms with E-state index in [1.807, 2.05) is 55.5 Å². The van der Waals surface area contributed by atoms with Gasteiger partial charge in [-0.1, -0.05) is 41.4 Å². The van der Waals surface area contributed by atoms with Crippen LogP contribution in [0.4, 0.5) is 11.5 Å². The summed E-state index contributed by atoms with van der Waals surface area (Å²) in [5, 5.41) is 12.9. The molecule has 0 aliphatic heterocycles. The first-order valence-electron chi connectivity index (χ1n) is 10.4. The molecule has 0 amide bonds. The first kappa shape index (κ1) is 21.7. The Morgan fingerprint density at radius 2 is 1.59 bits per heavy atom. The Morgan fingerprint density at radius 3 is 2.35 bits per heavy atom. The molecule has 0 saturated carbocycles. The minimum Gasteiger partial charge on any atom is -0.495 e. The fourth-order valence-corrected chi connectivity index (χ4v) is 3.72. The number of para-hydroxylation sites is 1. The highest BCUT2D eigenvalue weighted by atomic mass is 35.5. The largest absolute Gasteiger partial charge is 0.495 e. The van der Waals surface area contributed by atoms with Crippen LogP contribution in [0.3, 0.4) is 0 Å². The summed E-state index contributed by atoms with van der Waals surface area (Å²) in [6.07, 6.45) is 0. The summed E-state index contributed by atoms with van der Waals surface area (Å²) in [4.78, 5) is 9.32. The Hall–Kier alpha value is -4.17. The molecule has 0 bridgehead atoms. The average Bonchev–Trinajstić information content (AvgIpc) is 3.35. The van der Waals surface area contributed by atoms with Crippen molar-refractivity contribution in [3.05, 3.63) is 71.2 Å². The molecule has 9 heteroatoms. The van der Waals surface area contributed by atoms with Gasteiger partial charge in [-0.05, 0) is 37.3 Å². The molecule has 0 unspecified atom stereocenters. The van der Waals surface area contributed by atoms with E-state index in [4.69, 9.17) is 25.5 Å². The molecule has 2 aromatic heterocycles. The number of aryl methyl sites for hydroxylation is 1. The van der Waals surface area contributed by atoms with Crippen LogP contribution in [-0.4, -0.2) is 34.4 Å². The summed E-state index contributed by atoms with van der Waals surface area (Å²) in [6.45, 7) is 2.02. The van der Waals surface area contributed by atoms with Crippen LogP contribution in [0.5, 0.6) is 11.5 Å². The van der Waals surface area contributed by atoms with Crippen LogP contribution in [0.2, 0.25) is 5.02 Å². The molecule has 34 heavy (non-hydrogen) atoms. The highest BCUT2D eigenvalue weighted by Crippen LogP contribution is 2.38. The van der Waals surface area contributed by atoms with Crippen molar-refractivity contribution >= 4 is 34.0 Å². The van der Waals surface area contributed by atoms with Crippen LogP contribution in [-0.2, 0) is 0 Å². The number of hydrogen-bond donors (Lipinski definition) is 1. The standard InChI is InChI=1S/C25H20ClN5O3/c1-14-8-10-15(11-9-14)24-30-31-25(34-24)23-27-18-7-5-4-6-16(18)22(29-23)28-19-12-17(26)20(32-2)13-21(19)33-3/h4-13H,1-3H3,(H,27,28,29). The predicted octanol–water partition coefficient (Wildman–Crippen LogP) is 6.07. The van der Waals surface area contributed by atoms with E-state index in [9.17, 15) is 0 Å². The molecule has 0 saturated heterocycles. The average molecular weight is 474 g/mol. The van der Waals surface area contributed by atoms with Crippen molar-refractivity contribution in [2.75, 3.05) is 19.5 Å². The third-order valence-corrected chi connectivity index (χ3v) is 5.54. The second kappa shape index (κ2) is 8.99. The smallest absolute Gasteiger partial charge is 0.286 e. The number of fused-ring (bicyclic) bond motifs is 1. The summed E-state index contributed by atoms with van der Waals surface area (Å²) in [6, 6.07) is 18.9. The van der Waals surface area contributed by atoms with Crippen molar-refractivity contribution in [2.45, 2.75) is 6.92 Å². The third-order valence-electron chi connectivity index (χ3n) is 5.25. The van der Waals surface area contributed by atoms with Crippen LogP contribution in [0.25, 0.3) is 34.1 Å². The molecule has 0 radical (unpaired) electrons. The molecule has 3 aromatic carbocycles. The third kappa shape index (κ3) is 4.11. The lowest BCUT2D eigenvalue weighted by atomic mass is 10.1. The highest BCUT2D eigenvalue weighted by Gasteiger charge is 2.18. The first-order valence-corrected chi connectivity index (χ1v) is 10.8. The van der Waals surface area contributed by atoms with Crippen LogP contribution in [0, 0.1) is 6.92 Å². The maximum absolute atomic E-state index is 6.35. The monoisotopic (exact) mass is 473 g/mol. The Balaban J connectivity index is 1.58. The zero-order valence-corrected chi connectivity index (χ0v) is 19.4. The number of aromatic nitrogens is 4. The number of nitrogens with one attached hydrogen (secondary N) is 1. The number of benzene rings is 3. The maximum atomic E-state index is 6.35. The molecule has 1 N–H and O–H groups in total. The van der Waals surface area contributed by atoms with Crippen molar-refractivity contribution in [1.29, 1.82) is 0 Å². The Kier molecular flexibility index (Phi) is 5.73. The Morgan fingerprint density at radius 1 is 0.853 bits per heavy atom. The van der Waals surface area contributed by atoms with Crippen molar-refractivity contribution in [1.82, 2.24) is 20.2 Å². The van der Waals surface area contributed by atoms with Gasteiger partial charge in [-0.25, -0.2) is 9.97 Å². The van der Waals surface area contributed by atoms with Gasteiger partial charge in [0.15, 0.2) is 0 Å². The molecule has 0 spiro atoms. The predicted molar refractivity (Wildman–Crippen MR) is 131 cm³/mol. The molecular formula is C25H20ClN5O3.